The zero-order chi connectivity index (χ0) is 12.5. The third-order valence-electron chi connectivity index (χ3n) is 3.63. The number of aliphatic hydroxyl groups is 1. The van der Waals surface area contributed by atoms with Crippen molar-refractivity contribution >= 4 is 17.0 Å². The molecule has 1 unspecified atom stereocenters. The molecule has 2 nitrogen and oxygen atoms in total. The molecule has 1 atom stereocenters. The number of hydrogen-bond donors (Lipinski definition) is 1. The number of anilines is 1. The Kier molecular flexibility index (Phi) is 3.10. The minimum absolute atomic E-state index is 0.393. The van der Waals surface area contributed by atoms with Gasteiger partial charge < -0.3 is 10.0 Å². The lowest BCUT2D eigenvalue weighted by molar-refractivity contribution is 0.178. The molecular formula is C15H17NOS. The smallest absolute Gasteiger partial charge is 0.0830 e. The molecule has 1 aliphatic heterocycles. The van der Waals surface area contributed by atoms with Crippen molar-refractivity contribution in [1.29, 1.82) is 0 Å². The summed E-state index contributed by atoms with van der Waals surface area (Å²) in [6, 6.07) is 8.43. The zero-order valence-corrected chi connectivity index (χ0v) is 11.3. The van der Waals surface area contributed by atoms with Gasteiger partial charge in [0, 0.05) is 25.7 Å². The van der Waals surface area contributed by atoms with E-state index in [-0.39, 0.29) is 0 Å². The molecular weight excluding hydrogens is 242 g/mol. The number of hydrogen-bond acceptors (Lipinski definition) is 3. The fraction of sp³-hybridized carbons (Fsp3) is 0.333. The second kappa shape index (κ2) is 4.75. The van der Waals surface area contributed by atoms with Crippen LogP contribution in [0.3, 0.4) is 0 Å². The molecule has 0 saturated heterocycles. The molecule has 0 radical (unpaired) electrons. The molecule has 0 spiro atoms. The molecule has 0 aliphatic carbocycles. The Morgan fingerprint density at radius 1 is 1.39 bits per heavy atom. The van der Waals surface area contributed by atoms with Crippen LogP contribution in [0.25, 0.3) is 0 Å². The van der Waals surface area contributed by atoms with Crippen molar-refractivity contribution in [3.63, 3.8) is 0 Å². The van der Waals surface area contributed by atoms with Crippen molar-refractivity contribution in [2.24, 2.45) is 0 Å². The van der Waals surface area contributed by atoms with Crippen LogP contribution in [0.4, 0.5) is 5.69 Å². The highest BCUT2D eigenvalue weighted by molar-refractivity contribution is 7.07. The zero-order valence-electron chi connectivity index (χ0n) is 10.5. The van der Waals surface area contributed by atoms with Gasteiger partial charge in [-0.25, -0.2) is 0 Å². The van der Waals surface area contributed by atoms with Gasteiger partial charge in [0.05, 0.1) is 6.10 Å². The van der Waals surface area contributed by atoms with Crippen LogP contribution >= 0.6 is 11.3 Å². The summed E-state index contributed by atoms with van der Waals surface area (Å²) in [6.45, 7) is 1.08. The molecule has 1 aromatic heterocycles. The van der Waals surface area contributed by atoms with Crippen molar-refractivity contribution in [3.8, 4) is 0 Å². The molecule has 0 amide bonds. The summed E-state index contributed by atoms with van der Waals surface area (Å²) in [6.07, 6.45) is 1.40. The largest absolute Gasteiger partial charge is 0.388 e. The van der Waals surface area contributed by atoms with E-state index >= 15 is 0 Å². The van der Waals surface area contributed by atoms with Crippen molar-refractivity contribution in [2.75, 3.05) is 18.5 Å². The molecule has 0 fully saturated rings. The SMILES string of the molecule is CN1CCc2cc(C(O)Cc3ccsc3)ccc21. The van der Waals surface area contributed by atoms with Gasteiger partial charge in [-0.1, -0.05) is 12.1 Å². The maximum absolute atomic E-state index is 10.3. The lowest BCUT2D eigenvalue weighted by atomic mass is 10.00. The van der Waals surface area contributed by atoms with Crippen LogP contribution < -0.4 is 4.90 Å². The van der Waals surface area contributed by atoms with Gasteiger partial charge in [-0.05, 0) is 46.0 Å². The first-order valence-electron chi connectivity index (χ1n) is 6.27. The summed E-state index contributed by atoms with van der Waals surface area (Å²) in [5, 5.41) is 14.4. The molecule has 1 N–H and O–H groups in total. The van der Waals surface area contributed by atoms with Crippen LogP contribution in [-0.2, 0) is 12.8 Å². The van der Waals surface area contributed by atoms with E-state index < -0.39 is 6.10 Å². The summed E-state index contributed by atoms with van der Waals surface area (Å²) >= 11 is 1.68. The number of rotatable bonds is 3. The van der Waals surface area contributed by atoms with Crippen LogP contribution in [0.5, 0.6) is 0 Å². The average Bonchev–Trinajstić information content (AvgIpc) is 2.99. The minimum Gasteiger partial charge on any atom is -0.388 e. The number of nitrogens with zero attached hydrogens (tertiary/aromatic N) is 1. The predicted molar refractivity (Wildman–Crippen MR) is 76.4 cm³/mol. The fourth-order valence-corrected chi connectivity index (χ4v) is 3.23. The van der Waals surface area contributed by atoms with E-state index in [2.05, 4.69) is 47.0 Å². The second-order valence-corrected chi connectivity index (χ2v) is 5.69. The van der Waals surface area contributed by atoms with Gasteiger partial charge in [-0.2, -0.15) is 11.3 Å². The van der Waals surface area contributed by atoms with E-state index in [9.17, 15) is 5.11 Å². The Labute approximate surface area is 112 Å². The van der Waals surface area contributed by atoms with Gasteiger partial charge >= 0.3 is 0 Å². The molecule has 3 heteroatoms. The van der Waals surface area contributed by atoms with E-state index in [1.807, 2.05) is 0 Å². The van der Waals surface area contributed by atoms with Crippen molar-refractivity contribution < 1.29 is 5.11 Å². The van der Waals surface area contributed by atoms with Crippen LogP contribution in [-0.4, -0.2) is 18.7 Å². The number of thiophene rings is 1. The van der Waals surface area contributed by atoms with Crippen LogP contribution in [0.1, 0.15) is 22.8 Å². The van der Waals surface area contributed by atoms with Crippen molar-refractivity contribution in [2.45, 2.75) is 18.9 Å². The molecule has 94 valence electrons. The Morgan fingerprint density at radius 3 is 3.06 bits per heavy atom. The van der Waals surface area contributed by atoms with E-state index in [0.717, 1.165) is 18.5 Å². The van der Waals surface area contributed by atoms with Crippen LogP contribution in [0.2, 0.25) is 0 Å². The first-order valence-corrected chi connectivity index (χ1v) is 7.21. The topological polar surface area (TPSA) is 23.5 Å². The molecule has 2 aromatic rings. The van der Waals surface area contributed by atoms with Gasteiger partial charge in [0.15, 0.2) is 0 Å². The second-order valence-electron chi connectivity index (χ2n) is 4.91. The lowest BCUT2D eigenvalue weighted by Crippen LogP contribution is -2.12. The first kappa shape index (κ1) is 11.8. The number of likely N-dealkylation sites (N-methyl/N-ethyl adjacent to an activating group) is 1. The number of aliphatic hydroxyl groups excluding tert-OH is 1. The number of benzene rings is 1. The van der Waals surface area contributed by atoms with Gasteiger partial charge in [0.2, 0.25) is 0 Å². The molecule has 0 bridgehead atoms. The first-order chi connectivity index (χ1) is 8.74. The minimum atomic E-state index is -0.393. The number of fused-ring (bicyclic) bond motifs is 1. The van der Waals surface area contributed by atoms with E-state index in [1.165, 1.54) is 16.8 Å². The van der Waals surface area contributed by atoms with Gasteiger partial charge in [-0.15, -0.1) is 0 Å². The Balaban J connectivity index is 1.80. The highest BCUT2D eigenvalue weighted by Crippen LogP contribution is 2.30. The molecule has 1 aromatic carbocycles. The van der Waals surface area contributed by atoms with E-state index in [4.69, 9.17) is 0 Å². The highest BCUT2D eigenvalue weighted by atomic mass is 32.1. The molecule has 0 saturated carbocycles. The molecule has 2 heterocycles. The summed E-state index contributed by atoms with van der Waals surface area (Å²) < 4.78 is 0. The monoisotopic (exact) mass is 259 g/mol. The lowest BCUT2D eigenvalue weighted by Gasteiger charge is -2.14. The normalized spacial score (nSPS) is 15.8. The fourth-order valence-electron chi connectivity index (χ4n) is 2.54. The Hall–Kier alpha value is -1.32. The summed E-state index contributed by atoms with van der Waals surface area (Å²) in [4.78, 5) is 2.27. The summed E-state index contributed by atoms with van der Waals surface area (Å²) in [7, 11) is 2.12. The maximum atomic E-state index is 10.3. The van der Waals surface area contributed by atoms with Crippen LogP contribution in [0, 0.1) is 0 Å². The quantitative estimate of drug-likeness (QED) is 0.916. The Morgan fingerprint density at radius 2 is 2.28 bits per heavy atom. The summed E-state index contributed by atoms with van der Waals surface area (Å²) in [5.41, 5.74) is 4.92. The molecule has 18 heavy (non-hydrogen) atoms. The van der Waals surface area contributed by atoms with Crippen molar-refractivity contribution in [1.82, 2.24) is 0 Å². The van der Waals surface area contributed by atoms with Crippen LogP contribution in [0.15, 0.2) is 35.0 Å². The third kappa shape index (κ3) is 2.16. The van der Waals surface area contributed by atoms with Gasteiger partial charge in [-0.3, -0.25) is 0 Å². The maximum Gasteiger partial charge on any atom is 0.0830 e. The average molecular weight is 259 g/mol. The Bertz CT molecular complexity index is 535. The standard InChI is InChI=1S/C15H17NOS/c1-16-6-4-12-9-13(2-3-14(12)16)15(17)8-11-5-7-18-10-11/h2-3,5,7,9-10,15,17H,4,6,8H2,1H3. The van der Waals surface area contributed by atoms with Crippen molar-refractivity contribution in [3.05, 3.63) is 51.7 Å². The highest BCUT2D eigenvalue weighted by Gasteiger charge is 2.17. The predicted octanol–water partition coefficient (Wildman–Crippen LogP) is 3.02. The third-order valence-corrected chi connectivity index (χ3v) is 4.36. The van der Waals surface area contributed by atoms with E-state index in [1.54, 1.807) is 11.3 Å². The van der Waals surface area contributed by atoms with Gasteiger partial charge in [0.1, 0.15) is 0 Å². The van der Waals surface area contributed by atoms with Gasteiger partial charge in [0.25, 0.3) is 0 Å². The summed E-state index contributed by atoms with van der Waals surface area (Å²) in [5.74, 6) is 0. The van der Waals surface area contributed by atoms with E-state index in [0.29, 0.717) is 6.42 Å². The molecule has 1 aliphatic rings. The molecule has 3 rings (SSSR count).